The SMILES string of the molecule is CC(C)c1cccc(/C=C2\NNC(=O)C2(C)C)c1. The van der Waals surface area contributed by atoms with E-state index in [2.05, 4.69) is 49.0 Å². The number of nitrogens with one attached hydrogen (secondary N) is 2. The lowest BCUT2D eigenvalue weighted by Gasteiger charge is -2.14. The van der Waals surface area contributed by atoms with E-state index in [1.54, 1.807) is 0 Å². The van der Waals surface area contributed by atoms with Crippen molar-refractivity contribution in [2.24, 2.45) is 5.41 Å². The second kappa shape index (κ2) is 4.48. The van der Waals surface area contributed by atoms with Gasteiger partial charge in [0, 0.05) is 5.70 Å². The molecule has 1 aromatic carbocycles. The molecule has 1 heterocycles. The number of hydrogen-bond acceptors (Lipinski definition) is 2. The van der Waals surface area contributed by atoms with Crippen molar-refractivity contribution in [1.82, 2.24) is 10.9 Å². The highest BCUT2D eigenvalue weighted by molar-refractivity contribution is 5.89. The van der Waals surface area contributed by atoms with E-state index in [1.807, 2.05) is 19.9 Å². The minimum absolute atomic E-state index is 0.00811. The summed E-state index contributed by atoms with van der Waals surface area (Å²) in [6.45, 7) is 8.19. The fourth-order valence-corrected chi connectivity index (χ4v) is 1.95. The van der Waals surface area contributed by atoms with Gasteiger partial charge in [-0.05, 0) is 37.0 Å². The highest BCUT2D eigenvalue weighted by atomic mass is 16.2. The first kappa shape index (κ1) is 12.7. The lowest BCUT2D eigenvalue weighted by Crippen LogP contribution is -2.28. The summed E-state index contributed by atoms with van der Waals surface area (Å²) in [6.07, 6.45) is 2.03. The summed E-state index contributed by atoms with van der Waals surface area (Å²) < 4.78 is 0. The maximum Gasteiger partial charge on any atom is 0.249 e. The van der Waals surface area contributed by atoms with Gasteiger partial charge in [0.15, 0.2) is 0 Å². The molecule has 1 amide bonds. The molecule has 3 nitrogen and oxygen atoms in total. The predicted molar refractivity (Wildman–Crippen MR) is 73.6 cm³/mol. The zero-order chi connectivity index (χ0) is 13.3. The summed E-state index contributed by atoms with van der Waals surface area (Å²) in [5, 5.41) is 0. The summed E-state index contributed by atoms with van der Waals surface area (Å²) in [5.74, 6) is 0.515. The molecule has 0 aromatic heterocycles. The molecule has 2 rings (SSSR count). The van der Waals surface area contributed by atoms with Gasteiger partial charge in [-0.3, -0.25) is 10.2 Å². The van der Waals surface area contributed by atoms with Crippen LogP contribution in [-0.2, 0) is 4.79 Å². The highest BCUT2D eigenvalue weighted by Crippen LogP contribution is 2.29. The number of carbonyl (C=O) groups is 1. The van der Waals surface area contributed by atoms with E-state index in [4.69, 9.17) is 0 Å². The van der Waals surface area contributed by atoms with Gasteiger partial charge in [0.1, 0.15) is 0 Å². The van der Waals surface area contributed by atoms with Crippen LogP contribution in [0.5, 0.6) is 0 Å². The predicted octanol–water partition coefficient (Wildman–Crippen LogP) is 2.81. The van der Waals surface area contributed by atoms with Gasteiger partial charge in [-0.25, -0.2) is 0 Å². The number of hydrogen-bond donors (Lipinski definition) is 2. The third-order valence-corrected chi connectivity index (χ3v) is 3.44. The minimum atomic E-state index is -0.492. The van der Waals surface area contributed by atoms with Crippen LogP contribution in [0.25, 0.3) is 6.08 Å². The van der Waals surface area contributed by atoms with Crippen molar-refractivity contribution in [2.45, 2.75) is 33.6 Å². The van der Waals surface area contributed by atoms with Crippen LogP contribution in [0.2, 0.25) is 0 Å². The molecular weight excluding hydrogens is 224 g/mol. The number of amides is 1. The molecule has 0 saturated carbocycles. The molecule has 1 saturated heterocycles. The van der Waals surface area contributed by atoms with Crippen LogP contribution in [0.15, 0.2) is 30.0 Å². The van der Waals surface area contributed by atoms with Gasteiger partial charge in [-0.15, -0.1) is 0 Å². The third kappa shape index (κ3) is 2.26. The second-order valence-corrected chi connectivity index (χ2v) is 5.59. The normalized spacial score (nSPS) is 20.1. The number of carbonyl (C=O) groups excluding carboxylic acids is 1. The Balaban J connectivity index is 2.34. The van der Waals surface area contributed by atoms with Gasteiger partial charge in [0.2, 0.25) is 5.91 Å². The molecule has 1 fully saturated rings. The Bertz CT molecular complexity index is 501. The molecule has 96 valence electrons. The topological polar surface area (TPSA) is 41.1 Å². The molecule has 3 heteroatoms. The Kier molecular flexibility index (Phi) is 3.16. The van der Waals surface area contributed by atoms with Gasteiger partial charge < -0.3 is 5.43 Å². The van der Waals surface area contributed by atoms with E-state index in [9.17, 15) is 4.79 Å². The first-order valence-electron chi connectivity index (χ1n) is 6.30. The van der Waals surface area contributed by atoms with Gasteiger partial charge in [0.05, 0.1) is 5.41 Å². The van der Waals surface area contributed by atoms with Crippen molar-refractivity contribution >= 4 is 12.0 Å². The Labute approximate surface area is 108 Å². The summed E-state index contributed by atoms with van der Waals surface area (Å²) in [6, 6.07) is 8.40. The minimum Gasteiger partial charge on any atom is -0.302 e. The van der Waals surface area contributed by atoms with Crippen LogP contribution in [0, 0.1) is 5.41 Å². The monoisotopic (exact) mass is 244 g/mol. The van der Waals surface area contributed by atoms with E-state index in [-0.39, 0.29) is 5.91 Å². The Morgan fingerprint density at radius 3 is 2.50 bits per heavy atom. The first-order chi connectivity index (χ1) is 8.41. The zero-order valence-corrected chi connectivity index (χ0v) is 11.4. The Hall–Kier alpha value is -1.77. The van der Waals surface area contributed by atoms with Crippen molar-refractivity contribution in [1.29, 1.82) is 0 Å². The van der Waals surface area contributed by atoms with Crippen molar-refractivity contribution in [3.63, 3.8) is 0 Å². The lowest BCUT2D eigenvalue weighted by molar-refractivity contribution is -0.125. The molecule has 0 unspecified atom stereocenters. The molecule has 0 radical (unpaired) electrons. The van der Waals surface area contributed by atoms with Crippen molar-refractivity contribution in [2.75, 3.05) is 0 Å². The van der Waals surface area contributed by atoms with E-state index in [1.165, 1.54) is 5.56 Å². The molecule has 0 atom stereocenters. The summed E-state index contributed by atoms with van der Waals surface area (Å²) in [7, 11) is 0. The van der Waals surface area contributed by atoms with Crippen LogP contribution in [-0.4, -0.2) is 5.91 Å². The molecule has 1 aromatic rings. The maximum atomic E-state index is 11.7. The molecule has 0 spiro atoms. The number of benzene rings is 1. The quantitative estimate of drug-likeness (QED) is 0.840. The first-order valence-corrected chi connectivity index (χ1v) is 6.30. The fourth-order valence-electron chi connectivity index (χ4n) is 1.95. The molecule has 0 aliphatic carbocycles. The maximum absolute atomic E-state index is 11.7. The van der Waals surface area contributed by atoms with Gasteiger partial charge in [0.25, 0.3) is 0 Å². The lowest BCUT2D eigenvalue weighted by atomic mass is 9.88. The average molecular weight is 244 g/mol. The van der Waals surface area contributed by atoms with E-state index >= 15 is 0 Å². The van der Waals surface area contributed by atoms with E-state index < -0.39 is 5.41 Å². The van der Waals surface area contributed by atoms with E-state index in [0.717, 1.165) is 11.3 Å². The summed E-state index contributed by atoms with van der Waals surface area (Å²) in [4.78, 5) is 11.7. The number of hydrazine groups is 1. The Morgan fingerprint density at radius 1 is 1.22 bits per heavy atom. The fraction of sp³-hybridized carbons (Fsp3) is 0.400. The Morgan fingerprint density at radius 2 is 1.94 bits per heavy atom. The highest BCUT2D eigenvalue weighted by Gasteiger charge is 2.37. The standard InChI is InChI=1S/C15H20N2O/c1-10(2)12-7-5-6-11(8-12)9-13-15(3,4)14(18)17-16-13/h5-10,16H,1-4H3,(H,17,18)/b13-9-. The summed E-state index contributed by atoms with van der Waals surface area (Å²) >= 11 is 0. The average Bonchev–Trinajstić information content (AvgIpc) is 2.56. The third-order valence-electron chi connectivity index (χ3n) is 3.44. The molecule has 0 bridgehead atoms. The van der Waals surface area contributed by atoms with E-state index in [0.29, 0.717) is 5.92 Å². The van der Waals surface area contributed by atoms with Gasteiger partial charge in [-0.1, -0.05) is 38.1 Å². The largest absolute Gasteiger partial charge is 0.302 e. The zero-order valence-electron chi connectivity index (χ0n) is 11.4. The van der Waals surface area contributed by atoms with Crippen molar-refractivity contribution < 1.29 is 4.79 Å². The van der Waals surface area contributed by atoms with Crippen LogP contribution < -0.4 is 10.9 Å². The van der Waals surface area contributed by atoms with Crippen molar-refractivity contribution in [3.05, 3.63) is 41.1 Å². The van der Waals surface area contributed by atoms with Crippen LogP contribution in [0.1, 0.15) is 44.7 Å². The van der Waals surface area contributed by atoms with Crippen molar-refractivity contribution in [3.8, 4) is 0 Å². The van der Waals surface area contributed by atoms with Gasteiger partial charge in [-0.2, -0.15) is 0 Å². The molecule has 18 heavy (non-hydrogen) atoms. The molecule has 2 N–H and O–H groups in total. The summed E-state index contributed by atoms with van der Waals surface area (Å²) in [5.41, 5.74) is 8.46. The second-order valence-electron chi connectivity index (χ2n) is 5.59. The molecular formula is C15H20N2O. The molecule has 1 aliphatic rings. The molecule has 1 aliphatic heterocycles. The van der Waals surface area contributed by atoms with Crippen LogP contribution in [0.4, 0.5) is 0 Å². The van der Waals surface area contributed by atoms with Crippen LogP contribution in [0.3, 0.4) is 0 Å². The smallest absolute Gasteiger partial charge is 0.249 e. The van der Waals surface area contributed by atoms with Gasteiger partial charge >= 0.3 is 0 Å². The number of rotatable bonds is 2. The van der Waals surface area contributed by atoms with Crippen LogP contribution >= 0.6 is 0 Å².